The standard InChI is InChI=1S/C22H27N3O2.C11H17N3O2.CH3Cl/c1-22(2,27)21(26)25-14-12-24(13-15-25)20-18-8-4-3-6-16(18)9-10-17-7-5-11-23-19(17)20;1-10-5-14(8-12-10)7-11(16)3-2-4-13(6-11)9-15;1-2/h3-8,11,20,27H,9-10,12-15H2,1-2H3;5,8-9,16H,2-4,6-7H2,1H3;1H3. The number of likely N-dealkylation sites (tertiary alicyclic amines) is 1. The molecule has 4 heterocycles. The van der Waals surface area contributed by atoms with Crippen molar-refractivity contribution in [1.82, 2.24) is 29.2 Å². The van der Waals surface area contributed by atoms with Gasteiger partial charge in [0.15, 0.2) is 0 Å². The molecule has 1 aromatic carbocycles. The Bertz CT molecular complexity index is 1370. The van der Waals surface area contributed by atoms with E-state index in [2.05, 4.69) is 51.8 Å². The van der Waals surface area contributed by atoms with Gasteiger partial charge in [-0.1, -0.05) is 30.3 Å². The highest BCUT2D eigenvalue weighted by atomic mass is 35.5. The van der Waals surface area contributed by atoms with E-state index < -0.39 is 11.2 Å². The number of hydrogen-bond donors (Lipinski definition) is 2. The second-order valence-corrected chi connectivity index (χ2v) is 12.6. The molecule has 0 spiro atoms. The number of β-amino-alcohol motifs (C(OH)–C–C–N with tert-alkyl or cyclic N) is 1. The highest BCUT2D eigenvalue weighted by Gasteiger charge is 2.36. The van der Waals surface area contributed by atoms with Gasteiger partial charge in [-0.15, -0.1) is 11.6 Å². The third-order valence-corrected chi connectivity index (χ3v) is 8.66. The van der Waals surface area contributed by atoms with Crippen molar-refractivity contribution in [1.29, 1.82) is 0 Å². The molecule has 2 N–H and O–H groups in total. The number of benzene rings is 1. The van der Waals surface area contributed by atoms with E-state index in [9.17, 15) is 19.8 Å². The Morgan fingerprint density at radius 1 is 1.04 bits per heavy atom. The number of aliphatic hydroxyl groups is 2. The van der Waals surface area contributed by atoms with Crippen LogP contribution in [0, 0.1) is 6.92 Å². The van der Waals surface area contributed by atoms with E-state index in [1.165, 1.54) is 23.1 Å². The lowest BCUT2D eigenvalue weighted by atomic mass is 9.93. The third kappa shape index (κ3) is 8.70. The van der Waals surface area contributed by atoms with Crippen molar-refractivity contribution in [3.05, 3.63) is 83.2 Å². The van der Waals surface area contributed by atoms with Crippen molar-refractivity contribution < 1.29 is 19.8 Å². The number of nitrogens with zero attached hydrogens (tertiary/aromatic N) is 6. The number of hydrogen-bond acceptors (Lipinski definition) is 7. The van der Waals surface area contributed by atoms with Crippen LogP contribution in [-0.2, 0) is 29.0 Å². The van der Waals surface area contributed by atoms with E-state index in [0.717, 1.165) is 63.1 Å². The predicted octanol–water partition coefficient (Wildman–Crippen LogP) is 3.21. The fraction of sp³-hybridized carbons (Fsp3) is 0.529. The fourth-order valence-electron chi connectivity index (χ4n) is 6.56. The first-order chi connectivity index (χ1) is 21.6. The number of aromatic nitrogens is 3. The summed E-state index contributed by atoms with van der Waals surface area (Å²) in [5, 5.41) is 20.4. The van der Waals surface area contributed by atoms with Crippen molar-refractivity contribution in [2.24, 2.45) is 0 Å². The molecule has 11 heteroatoms. The Morgan fingerprint density at radius 2 is 1.73 bits per heavy atom. The number of piperidine rings is 1. The number of fused-ring (bicyclic) bond motifs is 2. The topological polar surface area (TPSA) is 115 Å². The maximum Gasteiger partial charge on any atom is 0.254 e. The fourth-order valence-corrected chi connectivity index (χ4v) is 6.56. The van der Waals surface area contributed by atoms with Gasteiger partial charge in [0.2, 0.25) is 6.41 Å². The molecule has 10 nitrogen and oxygen atoms in total. The molecule has 244 valence electrons. The van der Waals surface area contributed by atoms with Gasteiger partial charge in [0.1, 0.15) is 11.2 Å². The molecule has 3 aromatic rings. The van der Waals surface area contributed by atoms with E-state index in [1.54, 1.807) is 30.0 Å². The lowest BCUT2D eigenvalue weighted by molar-refractivity contribution is -0.149. The van der Waals surface area contributed by atoms with Gasteiger partial charge >= 0.3 is 0 Å². The number of amides is 2. The van der Waals surface area contributed by atoms with Crippen molar-refractivity contribution in [2.45, 2.75) is 70.2 Å². The number of piperazine rings is 1. The summed E-state index contributed by atoms with van der Waals surface area (Å²) in [6.07, 6.45) is 11.4. The Kier molecular flexibility index (Phi) is 11.8. The number of pyridine rings is 1. The Labute approximate surface area is 271 Å². The van der Waals surface area contributed by atoms with E-state index >= 15 is 0 Å². The summed E-state index contributed by atoms with van der Waals surface area (Å²) < 4.78 is 1.88. The van der Waals surface area contributed by atoms with Crippen LogP contribution in [0.2, 0.25) is 0 Å². The second kappa shape index (κ2) is 15.3. The zero-order chi connectivity index (χ0) is 32.6. The van der Waals surface area contributed by atoms with Gasteiger partial charge < -0.3 is 24.6 Å². The Balaban J connectivity index is 0.000000219. The summed E-state index contributed by atoms with van der Waals surface area (Å²) in [7, 11) is 0. The van der Waals surface area contributed by atoms with Crippen LogP contribution < -0.4 is 0 Å². The first kappa shape index (κ1) is 34.6. The van der Waals surface area contributed by atoms with Crippen LogP contribution >= 0.6 is 11.6 Å². The van der Waals surface area contributed by atoms with Crippen LogP contribution in [0.1, 0.15) is 60.8 Å². The quantitative estimate of drug-likeness (QED) is 0.326. The summed E-state index contributed by atoms with van der Waals surface area (Å²) in [5.41, 5.74) is 3.98. The Hall–Kier alpha value is -3.31. The van der Waals surface area contributed by atoms with Crippen LogP contribution in [-0.4, -0.2) is 109 Å². The van der Waals surface area contributed by atoms with Crippen molar-refractivity contribution in [3.8, 4) is 0 Å². The molecule has 1 aliphatic carbocycles. The van der Waals surface area contributed by atoms with E-state index in [0.29, 0.717) is 26.2 Å². The number of imidazole rings is 1. The minimum atomic E-state index is -1.31. The average Bonchev–Trinajstić information content (AvgIpc) is 3.36. The second-order valence-electron chi connectivity index (χ2n) is 12.6. The predicted molar refractivity (Wildman–Crippen MR) is 175 cm³/mol. The van der Waals surface area contributed by atoms with Crippen molar-refractivity contribution in [2.75, 3.05) is 45.7 Å². The molecule has 2 atom stereocenters. The minimum absolute atomic E-state index is 0.124. The van der Waals surface area contributed by atoms with Gasteiger partial charge in [-0.3, -0.25) is 19.5 Å². The SMILES string of the molecule is CC(C)(O)C(=O)N1CCN(C2c3ccccc3CCc3cccnc32)CC1.CCl.Cc1cn(CC2(O)CCCN(C=O)C2)cn1. The normalized spacial score (nSPS) is 21.6. The molecule has 45 heavy (non-hydrogen) atoms. The summed E-state index contributed by atoms with van der Waals surface area (Å²) >= 11 is 4.64. The van der Waals surface area contributed by atoms with Gasteiger partial charge in [-0.25, -0.2) is 4.98 Å². The van der Waals surface area contributed by atoms with Gasteiger partial charge in [-0.05, 0) is 69.2 Å². The number of aryl methyl sites for hydroxylation is 3. The highest BCUT2D eigenvalue weighted by molar-refractivity contribution is 6.15. The number of halogens is 1. The van der Waals surface area contributed by atoms with Gasteiger partial charge in [-0.2, -0.15) is 0 Å². The van der Waals surface area contributed by atoms with Crippen LogP contribution in [0.15, 0.2) is 55.1 Å². The number of carbonyl (C=O) groups is 2. The van der Waals surface area contributed by atoms with E-state index in [-0.39, 0.29) is 11.9 Å². The monoisotopic (exact) mass is 638 g/mol. The van der Waals surface area contributed by atoms with E-state index in [1.807, 2.05) is 30.0 Å². The van der Waals surface area contributed by atoms with Gasteiger partial charge in [0.25, 0.3) is 5.91 Å². The summed E-state index contributed by atoms with van der Waals surface area (Å²) in [4.78, 5) is 37.8. The molecular formula is C34H47ClN6O4. The molecule has 0 saturated carbocycles. The lowest BCUT2D eigenvalue weighted by Gasteiger charge is -2.41. The molecule has 2 unspecified atom stereocenters. The Morgan fingerprint density at radius 3 is 2.40 bits per heavy atom. The van der Waals surface area contributed by atoms with Crippen LogP contribution in [0.25, 0.3) is 0 Å². The van der Waals surface area contributed by atoms with Crippen LogP contribution in [0.5, 0.6) is 0 Å². The van der Waals surface area contributed by atoms with Gasteiger partial charge in [0, 0.05) is 51.5 Å². The molecule has 2 fully saturated rings. The van der Waals surface area contributed by atoms with Gasteiger partial charge in [0.05, 0.1) is 36.8 Å². The van der Waals surface area contributed by atoms with E-state index in [4.69, 9.17) is 4.98 Å². The highest BCUT2D eigenvalue weighted by Crippen LogP contribution is 2.36. The molecule has 2 aliphatic heterocycles. The number of rotatable bonds is 5. The number of alkyl halides is 1. The smallest absolute Gasteiger partial charge is 0.254 e. The first-order valence-electron chi connectivity index (χ1n) is 15.6. The summed E-state index contributed by atoms with van der Waals surface area (Å²) in [6.45, 7) is 9.49. The zero-order valence-electron chi connectivity index (χ0n) is 26.9. The minimum Gasteiger partial charge on any atom is -0.386 e. The van der Waals surface area contributed by atoms with Crippen molar-refractivity contribution in [3.63, 3.8) is 0 Å². The van der Waals surface area contributed by atoms with Crippen molar-refractivity contribution >= 4 is 23.9 Å². The summed E-state index contributed by atoms with van der Waals surface area (Å²) in [6, 6.07) is 13.0. The third-order valence-electron chi connectivity index (χ3n) is 8.66. The van der Waals surface area contributed by atoms with Crippen LogP contribution in [0.4, 0.5) is 0 Å². The molecule has 3 aliphatic rings. The molecule has 2 saturated heterocycles. The molecule has 2 amide bonds. The molecular weight excluding hydrogens is 592 g/mol. The summed E-state index contributed by atoms with van der Waals surface area (Å²) in [5.74, 6) is -0.193. The lowest BCUT2D eigenvalue weighted by Crippen LogP contribution is -2.54. The maximum absolute atomic E-state index is 12.4. The van der Waals surface area contributed by atoms with Crippen LogP contribution in [0.3, 0.4) is 0 Å². The molecule has 6 rings (SSSR count). The average molecular weight is 639 g/mol. The first-order valence-corrected chi connectivity index (χ1v) is 16.4. The maximum atomic E-state index is 12.4. The molecule has 2 aromatic heterocycles. The molecule has 0 radical (unpaired) electrons. The number of carbonyl (C=O) groups excluding carboxylic acids is 2. The molecule has 0 bridgehead atoms. The zero-order valence-corrected chi connectivity index (χ0v) is 27.7. The largest absolute Gasteiger partial charge is 0.386 e.